The molecule has 108 valence electrons. The zero-order chi connectivity index (χ0) is 14.5. The van der Waals surface area contributed by atoms with E-state index >= 15 is 0 Å². The summed E-state index contributed by atoms with van der Waals surface area (Å²) in [6.45, 7) is 4.96. The van der Waals surface area contributed by atoms with Gasteiger partial charge in [-0.1, -0.05) is 12.1 Å². The number of amides is 1. The average molecular weight is 275 g/mol. The molecule has 4 nitrogen and oxygen atoms in total. The van der Waals surface area contributed by atoms with Gasteiger partial charge >= 0.3 is 0 Å². The molecule has 0 spiro atoms. The monoisotopic (exact) mass is 275 g/mol. The highest BCUT2D eigenvalue weighted by atomic mass is 16.5. The molecule has 1 amide bonds. The summed E-state index contributed by atoms with van der Waals surface area (Å²) < 4.78 is 5.30. The molecule has 0 aromatic heterocycles. The molecule has 1 aromatic carbocycles. The van der Waals surface area contributed by atoms with E-state index in [-0.39, 0.29) is 11.7 Å². The molecule has 0 saturated carbocycles. The second-order valence-electron chi connectivity index (χ2n) is 5.37. The third-order valence-electron chi connectivity index (χ3n) is 3.70. The van der Waals surface area contributed by atoms with Gasteiger partial charge in [0.15, 0.2) is 5.78 Å². The van der Waals surface area contributed by atoms with E-state index in [1.807, 2.05) is 19.1 Å². The first kappa shape index (κ1) is 14.7. The zero-order valence-electron chi connectivity index (χ0n) is 12.1. The molecule has 0 radical (unpaired) electrons. The van der Waals surface area contributed by atoms with Crippen LogP contribution >= 0.6 is 0 Å². The topological polar surface area (TPSA) is 55.4 Å². The van der Waals surface area contributed by atoms with Crippen LogP contribution in [0.3, 0.4) is 0 Å². The molecule has 0 unspecified atom stereocenters. The van der Waals surface area contributed by atoms with Crippen LogP contribution in [0.4, 0.5) is 5.69 Å². The molecule has 1 atom stereocenters. The van der Waals surface area contributed by atoms with Gasteiger partial charge in [-0.25, -0.2) is 0 Å². The fraction of sp³-hybridized carbons (Fsp3) is 0.500. The molecular weight excluding hydrogens is 254 g/mol. The molecule has 4 heteroatoms. The van der Waals surface area contributed by atoms with Gasteiger partial charge in [0.1, 0.15) is 0 Å². The number of hydrogen-bond donors (Lipinski definition) is 1. The smallest absolute Gasteiger partial charge is 0.224 e. The summed E-state index contributed by atoms with van der Waals surface area (Å²) in [5.41, 5.74) is 2.11. The van der Waals surface area contributed by atoms with Crippen molar-refractivity contribution in [1.82, 2.24) is 0 Å². The van der Waals surface area contributed by atoms with Crippen molar-refractivity contribution in [2.24, 2.45) is 5.92 Å². The van der Waals surface area contributed by atoms with E-state index in [1.165, 1.54) is 6.92 Å². The summed E-state index contributed by atoms with van der Waals surface area (Å²) in [5, 5.41) is 2.86. The van der Waals surface area contributed by atoms with Crippen LogP contribution in [0.15, 0.2) is 18.2 Å². The second-order valence-corrected chi connectivity index (χ2v) is 5.37. The third-order valence-corrected chi connectivity index (χ3v) is 3.70. The summed E-state index contributed by atoms with van der Waals surface area (Å²) in [6.07, 6.45) is 2.35. The molecule has 20 heavy (non-hydrogen) atoms. The van der Waals surface area contributed by atoms with Crippen LogP contribution in [-0.2, 0) is 9.53 Å². The number of carbonyl (C=O) groups is 2. The Hall–Kier alpha value is -1.68. The quantitative estimate of drug-likeness (QED) is 0.841. The molecule has 1 aliphatic heterocycles. The number of ketones is 1. The van der Waals surface area contributed by atoms with Crippen LogP contribution in [0.25, 0.3) is 0 Å². The maximum Gasteiger partial charge on any atom is 0.224 e. The summed E-state index contributed by atoms with van der Waals surface area (Å²) in [7, 11) is 0. The number of rotatable bonds is 5. The first-order valence-corrected chi connectivity index (χ1v) is 7.06. The molecule has 1 aliphatic rings. The van der Waals surface area contributed by atoms with Gasteiger partial charge in [0.2, 0.25) is 5.91 Å². The zero-order valence-corrected chi connectivity index (χ0v) is 12.1. The van der Waals surface area contributed by atoms with Crippen molar-refractivity contribution in [2.45, 2.75) is 33.1 Å². The molecule has 1 N–H and O–H groups in total. The van der Waals surface area contributed by atoms with E-state index in [4.69, 9.17) is 4.74 Å². The Morgan fingerprint density at radius 2 is 2.20 bits per heavy atom. The lowest BCUT2D eigenvalue weighted by molar-refractivity contribution is -0.116. The van der Waals surface area contributed by atoms with Gasteiger partial charge < -0.3 is 10.1 Å². The first-order chi connectivity index (χ1) is 9.58. The Balaban J connectivity index is 1.96. The molecule has 1 heterocycles. The van der Waals surface area contributed by atoms with E-state index in [9.17, 15) is 9.59 Å². The number of benzene rings is 1. The van der Waals surface area contributed by atoms with Crippen molar-refractivity contribution in [3.63, 3.8) is 0 Å². The van der Waals surface area contributed by atoms with Crippen molar-refractivity contribution in [3.05, 3.63) is 29.3 Å². The molecule has 1 fully saturated rings. The van der Waals surface area contributed by atoms with Crippen LogP contribution in [0, 0.1) is 12.8 Å². The number of Topliss-reactive ketones (excluding diaryl/α,β-unsaturated/α-hetero) is 1. The summed E-state index contributed by atoms with van der Waals surface area (Å²) in [5.74, 6) is 0.429. The molecule has 2 rings (SSSR count). The van der Waals surface area contributed by atoms with Crippen LogP contribution in [-0.4, -0.2) is 24.9 Å². The minimum absolute atomic E-state index is 0.0254. The van der Waals surface area contributed by atoms with E-state index < -0.39 is 0 Å². The van der Waals surface area contributed by atoms with Gasteiger partial charge in [-0.15, -0.1) is 0 Å². The lowest BCUT2D eigenvalue weighted by atomic mass is 10.0. The predicted octanol–water partition coefficient (Wildman–Crippen LogP) is 2.95. The lowest BCUT2D eigenvalue weighted by Crippen LogP contribution is -2.16. The number of anilines is 1. The van der Waals surface area contributed by atoms with Gasteiger partial charge in [0, 0.05) is 25.2 Å². The van der Waals surface area contributed by atoms with Gasteiger partial charge in [0.25, 0.3) is 0 Å². The lowest BCUT2D eigenvalue weighted by Gasteiger charge is -2.12. The SMILES string of the molecule is CC(=O)c1c(C)cccc1NC(=O)CC[C@@H]1CCOC1. The average Bonchev–Trinajstić information content (AvgIpc) is 2.89. The Morgan fingerprint density at radius 3 is 2.85 bits per heavy atom. The van der Waals surface area contributed by atoms with Crippen molar-refractivity contribution in [1.29, 1.82) is 0 Å². The highest BCUT2D eigenvalue weighted by molar-refractivity contribution is 6.04. The minimum atomic E-state index is -0.0370. The van der Waals surface area contributed by atoms with Crippen molar-refractivity contribution in [3.8, 4) is 0 Å². The molecule has 1 aromatic rings. The van der Waals surface area contributed by atoms with E-state index in [0.29, 0.717) is 23.6 Å². The second kappa shape index (κ2) is 6.66. The van der Waals surface area contributed by atoms with Crippen molar-refractivity contribution in [2.75, 3.05) is 18.5 Å². The Labute approximate surface area is 119 Å². The standard InChI is InChI=1S/C16H21NO3/c1-11-4-3-5-14(16(11)12(2)18)17-15(19)7-6-13-8-9-20-10-13/h3-5,13H,6-10H2,1-2H3,(H,17,19)/t13-/m1/s1. The molecular formula is C16H21NO3. The first-order valence-electron chi connectivity index (χ1n) is 7.06. The maximum absolute atomic E-state index is 12.0. The summed E-state index contributed by atoms with van der Waals surface area (Å²) in [6, 6.07) is 5.50. The number of ether oxygens (including phenoxy) is 1. The van der Waals surface area contributed by atoms with Gasteiger partial charge in [-0.05, 0) is 44.2 Å². The highest BCUT2D eigenvalue weighted by Crippen LogP contribution is 2.22. The van der Waals surface area contributed by atoms with Crippen LogP contribution in [0.1, 0.15) is 42.1 Å². The predicted molar refractivity (Wildman–Crippen MR) is 78.0 cm³/mol. The largest absolute Gasteiger partial charge is 0.381 e. The maximum atomic E-state index is 12.0. The Kier molecular flexibility index (Phi) is 4.90. The van der Waals surface area contributed by atoms with Gasteiger partial charge in [0.05, 0.1) is 5.69 Å². The number of aryl methyl sites for hydroxylation is 1. The fourth-order valence-electron chi connectivity index (χ4n) is 2.60. The van der Waals surface area contributed by atoms with Crippen LogP contribution in [0.5, 0.6) is 0 Å². The highest BCUT2D eigenvalue weighted by Gasteiger charge is 2.18. The van der Waals surface area contributed by atoms with Crippen molar-refractivity contribution < 1.29 is 14.3 Å². The van der Waals surface area contributed by atoms with E-state index in [0.717, 1.165) is 31.6 Å². The van der Waals surface area contributed by atoms with E-state index in [1.54, 1.807) is 6.07 Å². The van der Waals surface area contributed by atoms with Crippen molar-refractivity contribution >= 4 is 17.4 Å². The van der Waals surface area contributed by atoms with Gasteiger partial charge in [-0.3, -0.25) is 9.59 Å². The van der Waals surface area contributed by atoms with E-state index in [2.05, 4.69) is 5.32 Å². The normalized spacial score (nSPS) is 18.0. The summed E-state index contributed by atoms with van der Waals surface area (Å²) >= 11 is 0. The number of carbonyl (C=O) groups excluding carboxylic acids is 2. The van der Waals surface area contributed by atoms with Crippen LogP contribution < -0.4 is 5.32 Å². The fourth-order valence-corrected chi connectivity index (χ4v) is 2.60. The molecule has 0 aliphatic carbocycles. The Bertz CT molecular complexity index is 504. The minimum Gasteiger partial charge on any atom is -0.381 e. The number of hydrogen-bond acceptors (Lipinski definition) is 3. The van der Waals surface area contributed by atoms with Crippen LogP contribution in [0.2, 0.25) is 0 Å². The molecule has 0 bridgehead atoms. The third kappa shape index (κ3) is 3.67. The summed E-state index contributed by atoms with van der Waals surface area (Å²) in [4.78, 5) is 23.7. The Morgan fingerprint density at radius 1 is 1.40 bits per heavy atom. The van der Waals surface area contributed by atoms with Gasteiger partial charge in [-0.2, -0.15) is 0 Å². The number of nitrogens with one attached hydrogen (secondary N) is 1. The molecule has 1 saturated heterocycles.